The molecule has 2 aromatic rings. The Morgan fingerprint density at radius 1 is 1.12 bits per heavy atom. The standard InChI is InChI=1S/C31H45N5O6S/c1-2-11-27(36(41)22-37)25(20-23-12-5-3-6-13-23)28(38)34-26(29(39)35-30-32-18-19-43-30)16-9-10-17-33-31(40)42-21-24-14-7-4-8-15-24/h4,7-8,14-15,18-19,22-23,25-27,41H,2-3,5-6,9-13,16-17,20-21H2,1H3,(H,33,40)(H,34,38)(H,32,35,39)/t25-,26?,27?/m1/s1. The summed E-state index contributed by atoms with van der Waals surface area (Å²) in [5.74, 6) is -1.08. The summed E-state index contributed by atoms with van der Waals surface area (Å²) in [5, 5.41) is 21.6. The fourth-order valence-corrected chi connectivity index (χ4v) is 6.11. The van der Waals surface area contributed by atoms with Crippen molar-refractivity contribution in [3.63, 3.8) is 0 Å². The Balaban J connectivity index is 1.61. The van der Waals surface area contributed by atoms with Gasteiger partial charge in [0, 0.05) is 18.1 Å². The lowest BCUT2D eigenvalue weighted by molar-refractivity contribution is -0.170. The van der Waals surface area contributed by atoms with Gasteiger partial charge in [0.25, 0.3) is 0 Å². The van der Waals surface area contributed by atoms with Crippen LogP contribution in [0.1, 0.15) is 83.1 Å². The van der Waals surface area contributed by atoms with E-state index in [0.29, 0.717) is 67.6 Å². The van der Waals surface area contributed by atoms with Gasteiger partial charge < -0.3 is 20.7 Å². The lowest BCUT2D eigenvalue weighted by atomic mass is 9.79. The number of aromatic nitrogens is 1. The van der Waals surface area contributed by atoms with Gasteiger partial charge in [0.05, 0.1) is 12.0 Å². The van der Waals surface area contributed by atoms with Crippen molar-refractivity contribution < 1.29 is 29.1 Å². The summed E-state index contributed by atoms with van der Waals surface area (Å²) in [6.45, 7) is 2.47. The number of nitrogens with zero attached hydrogens (tertiary/aromatic N) is 2. The van der Waals surface area contributed by atoms with Crippen molar-refractivity contribution in [1.29, 1.82) is 0 Å². The van der Waals surface area contributed by atoms with Crippen molar-refractivity contribution >= 4 is 40.8 Å². The average molecular weight is 616 g/mol. The van der Waals surface area contributed by atoms with Gasteiger partial charge in [0.2, 0.25) is 18.2 Å². The van der Waals surface area contributed by atoms with Crippen LogP contribution in [-0.4, -0.2) is 58.2 Å². The van der Waals surface area contributed by atoms with Crippen molar-refractivity contribution in [2.45, 2.75) is 96.2 Å². The van der Waals surface area contributed by atoms with Crippen molar-refractivity contribution in [3.8, 4) is 0 Å². The molecular weight excluding hydrogens is 570 g/mol. The van der Waals surface area contributed by atoms with Gasteiger partial charge in [0.1, 0.15) is 12.6 Å². The second kappa shape index (κ2) is 18.9. The van der Waals surface area contributed by atoms with E-state index in [1.807, 2.05) is 37.3 Å². The van der Waals surface area contributed by atoms with E-state index in [2.05, 4.69) is 20.9 Å². The van der Waals surface area contributed by atoms with Crippen molar-refractivity contribution in [2.75, 3.05) is 11.9 Å². The van der Waals surface area contributed by atoms with Gasteiger partial charge >= 0.3 is 6.09 Å². The Bertz CT molecular complexity index is 1110. The van der Waals surface area contributed by atoms with Crippen LogP contribution in [0.25, 0.3) is 0 Å². The zero-order chi connectivity index (χ0) is 30.9. The molecule has 3 rings (SSSR count). The summed E-state index contributed by atoms with van der Waals surface area (Å²) in [7, 11) is 0. The molecule has 4 N–H and O–H groups in total. The number of benzene rings is 1. The summed E-state index contributed by atoms with van der Waals surface area (Å²) in [6, 6.07) is 7.85. The van der Waals surface area contributed by atoms with Crippen LogP contribution in [0, 0.1) is 11.8 Å². The smallest absolute Gasteiger partial charge is 0.407 e. The van der Waals surface area contributed by atoms with Crippen LogP contribution >= 0.6 is 11.3 Å². The molecule has 0 spiro atoms. The molecule has 1 heterocycles. The molecule has 236 valence electrons. The van der Waals surface area contributed by atoms with E-state index < -0.39 is 30.0 Å². The number of hydroxylamine groups is 2. The number of alkyl carbamates (subject to hydrolysis) is 1. The molecule has 0 saturated heterocycles. The number of rotatable bonds is 18. The van der Waals surface area contributed by atoms with Gasteiger partial charge in [-0.05, 0) is 43.6 Å². The topological polar surface area (TPSA) is 150 Å². The number of thiazole rings is 1. The van der Waals surface area contributed by atoms with Crippen molar-refractivity contribution in [3.05, 3.63) is 47.5 Å². The Hall–Kier alpha value is -3.51. The predicted octanol–water partition coefficient (Wildman–Crippen LogP) is 5.27. The van der Waals surface area contributed by atoms with Crippen LogP contribution in [0.5, 0.6) is 0 Å². The van der Waals surface area contributed by atoms with Gasteiger partial charge in [-0.2, -0.15) is 0 Å². The number of carbonyl (C=O) groups is 4. The largest absolute Gasteiger partial charge is 0.445 e. The third kappa shape index (κ3) is 11.9. The number of ether oxygens (including phenoxy) is 1. The van der Waals surface area contributed by atoms with Gasteiger partial charge in [0.15, 0.2) is 5.13 Å². The van der Waals surface area contributed by atoms with Crippen LogP contribution in [0.3, 0.4) is 0 Å². The molecule has 0 aliphatic heterocycles. The number of nitrogens with one attached hydrogen (secondary N) is 3. The molecule has 3 atom stereocenters. The van der Waals surface area contributed by atoms with E-state index in [-0.39, 0.29) is 12.5 Å². The van der Waals surface area contributed by atoms with Crippen molar-refractivity contribution in [2.24, 2.45) is 11.8 Å². The molecular formula is C31H45N5O6S. The predicted molar refractivity (Wildman–Crippen MR) is 164 cm³/mol. The molecule has 1 aromatic heterocycles. The molecule has 1 fully saturated rings. The first-order valence-corrected chi connectivity index (χ1v) is 16.2. The Morgan fingerprint density at radius 2 is 1.88 bits per heavy atom. The molecule has 11 nitrogen and oxygen atoms in total. The van der Waals surface area contributed by atoms with Gasteiger partial charge in [-0.1, -0.05) is 75.8 Å². The van der Waals surface area contributed by atoms with Crippen LogP contribution < -0.4 is 16.0 Å². The fraction of sp³-hybridized carbons (Fsp3) is 0.581. The van der Waals surface area contributed by atoms with E-state index in [0.717, 1.165) is 31.2 Å². The lowest BCUT2D eigenvalue weighted by Gasteiger charge is -2.34. The van der Waals surface area contributed by atoms with E-state index in [1.165, 1.54) is 17.8 Å². The molecule has 1 aliphatic carbocycles. The number of hydrogen-bond acceptors (Lipinski definition) is 8. The molecule has 0 bridgehead atoms. The Morgan fingerprint density at radius 3 is 2.56 bits per heavy atom. The molecule has 12 heteroatoms. The van der Waals surface area contributed by atoms with Gasteiger partial charge in [-0.3, -0.25) is 19.6 Å². The maximum Gasteiger partial charge on any atom is 0.407 e. The van der Waals surface area contributed by atoms with E-state index in [1.54, 1.807) is 11.6 Å². The highest BCUT2D eigenvalue weighted by Gasteiger charge is 2.36. The molecule has 2 unspecified atom stereocenters. The third-order valence-electron chi connectivity index (χ3n) is 7.84. The highest BCUT2D eigenvalue weighted by Crippen LogP contribution is 2.32. The van der Waals surface area contributed by atoms with E-state index >= 15 is 0 Å². The van der Waals surface area contributed by atoms with Crippen LogP contribution in [0.4, 0.5) is 9.93 Å². The number of hydrogen-bond donors (Lipinski definition) is 4. The van der Waals surface area contributed by atoms with Crippen LogP contribution in [0.15, 0.2) is 41.9 Å². The van der Waals surface area contributed by atoms with E-state index in [9.17, 15) is 24.4 Å². The fourth-order valence-electron chi connectivity index (χ4n) is 5.58. The minimum atomic E-state index is -0.860. The summed E-state index contributed by atoms with van der Waals surface area (Å²) >= 11 is 1.28. The van der Waals surface area contributed by atoms with Crippen LogP contribution in [-0.2, 0) is 25.7 Å². The summed E-state index contributed by atoms with van der Waals surface area (Å²) < 4.78 is 5.24. The number of carbonyl (C=O) groups excluding carboxylic acids is 4. The zero-order valence-corrected chi connectivity index (χ0v) is 25.7. The Kier molecular flexibility index (Phi) is 14.9. The quantitative estimate of drug-likeness (QED) is 0.0773. The molecule has 43 heavy (non-hydrogen) atoms. The summed E-state index contributed by atoms with van der Waals surface area (Å²) in [6.07, 6.45) is 9.91. The molecule has 1 aromatic carbocycles. The highest BCUT2D eigenvalue weighted by atomic mass is 32.1. The second-order valence-corrected chi connectivity index (χ2v) is 12.0. The lowest BCUT2D eigenvalue weighted by Crippen LogP contribution is -2.51. The molecule has 0 radical (unpaired) electrons. The monoisotopic (exact) mass is 615 g/mol. The summed E-state index contributed by atoms with van der Waals surface area (Å²) in [5.41, 5.74) is 0.892. The maximum absolute atomic E-state index is 13.8. The first-order valence-electron chi connectivity index (χ1n) is 15.3. The number of amides is 4. The van der Waals surface area contributed by atoms with E-state index in [4.69, 9.17) is 4.74 Å². The third-order valence-corrected chi connectivity index (χ3v) is 8.53. The second-order valence-electron chi connectivity index (χ2n) is 11.1. The Labute approximate surface area is 257 Å². The number of unbranched alkanes of at least 4 members (excludes halogenated alkanes) is 1. The molecule has 1 saturated carbocycles. The highest BCUT2D eigenvalue weighted by molar-refractivity contribution is 7.13. The van der Waals surface area contributed by atoms with Gasteiger partial charge in [-0.15, -0.1) is 11.3 Å². The minimum absolute atomic E-state index is 0.175. The molecule has 1 aliphatic rings. The minimum Gasteiger partial charge on any atom is -0.445 e. The zero-order valence-electron chi connectivity index (χ0n) is 24.9. The normalized spacial score (nSPS) is 15.5. The first kappa shape index (κ1) is 34.0. The van der Waals surface area contributed by atoms with Crippen LogP contribution in [0.2, 0.25) is 0 Å². The number of anilines is 1. The summed E-state index contributed by atoms with van der Waals surface area (Å²) in [4.78, 5) is 54.8. The van der Waals surface area contributed by atoms with Gasteiger partial charge in [-0.25, -0.2) is 14.8 Å². The molecule has 4 amide bonds. The SMILES string of the molecule is CCCC([C@@H](CC1CCCCC1)C(=O)NC(CCCCNC(=O)OCc1ccccc1)C(=O)Nc1nccs1)N(O)C=O. The average Bonchev–Trinajstić information content (AvgIpc) is 3.54. The maximum atomic E-state index is 13.8. The van der Waals surface area contributed by atoms with Crippen molar-refractivity contribution in [1.82, 2.24) is 20.7 Å². The first-order chi connectivity index (χ1) is 20.9.